The maximum atomic E-state index is 13.6. The molecule has 3 unspecified atom stereocenters. The van der Waals surface area contributed by atoms with Crippen LogP contribution in [0.25, 0.3) is 5.57 Å². The minimum Gasteiger partial charge on any atom is -0.497 e. The molecule has 0 N–H and O–H groups in total. The van der Waals surface area contributed by atoms with Crippen LogP contribution in [0.5, 0.6) is 11.5 Å². The smallest absolute Gasteiger partial charge is 0.250 e. The van der Waals surface area contributed by atoms with Crippen LogP contribution in [-0.4, -0.2) is 44.7 Å². The summed E-state index contributed by atoms with van der Waals surface area (Å²) in [7, 11) is 5.01. The molecule has 2 heterocycles. The van der Waals surface area contributed by atoms with Gasteiger partial charge in [-0.05, 0) is 66.7 Å². The third-order valence-corrected chi connectivity index (χ3v) is 6.89. The number of amides is 1. The van der Waals surface area contributed by atoms with Crippen molar-refractivity contribution in [1.82, 2.24) is 4.90 Å². The molecule has 152 valence electrons. The van der Waals surface area contributed by atoms with Gasteiger partial charge in [0.2, 0.25) is 0 Å². The normalized spacial score (nSPS) is 27.4. The molecule has 2 aliphatic carbocycles. The van der Waals surface area contributed by atoms with Gasteiger partial charge in [-0.2, -0.15) is 0 Å². The van der Waals surface area contributed by atoms with Crippen molar-refractivity contribution in [3.05, 3.63) is 52.8 Å². The van der Waals surface area contributed by atoms with E-state index in [1.54, 1.807) is 21.3 Å². The fraction of sp³-hybridized carbons (Fsp3) is 0.458. The van der Waals surface area contributed by atoms with Crippen molar-refractivity contribution < 1.29 is 19.0 Å². The average molecular weight is 393 g/mol. The summed E-state index contributed by atoms with van der Waals surface area (Å²) in [4.78, 5) is 15.7. The highest BCUT2D eigenvalue weighted by Crippen LogP contribution is 2.53. The van der Waals surface area contributed by atoms with Gasteiger partial charge in [-0.15, -0.1) is 0 Å². The first-order chi connectivity index (χ1) is 14.2. The Balaban J connectivity index is 1.73. The zero-order valence-electron chi connectivity index (χ0n) is 17.2. The first kappa shape index (κ1) is 18.3. The van der Waals surface area contributed by atoms with Gasteiger partial charge in [0.25, 0.3) is 5.91 Å². The lowest BCUT2D eigenvalue weighted by molar-refractivity contribution is -0.131. The van der Waals surface area contributed by atoms with Crippen molar-refractivity contribution >= 4 is 11.5 Å². The molecule has 0 radical (unpaired) electrons. The molecule has 1 aromatic rings. The summed E-state index contributed by atoms with van der Waals surface area (Å²) in [5.41, 5.74) is 4.45. The zero-order chi connectivity index (χ0) is 20.1. The van der Waals surface area contributed by atoms with E-state index in [2.05, 4.69) is 29.2 Å². The molecule has 1 saturated heterocycles. The Morgan fingerprint density at radius 1 is 1.00 bits per heavy atom. The molecule has 5 rings (SSSR count). The van der Waals surface area contributed by atoms with Crippen molar-refractivity contribution in [2.45, 2.75) is 37.6 Å². The molecule has 5 nitrogen and oxygen atoms in total. The lowest BCUT2D eigenvalue weighted by Crippen LogP contribution is -2.49. The van der Waals surface area contributed by atoms with Crippen molar-refractivity contribution in [2.75, 3.05) is 27.9 Å². The summed E-state index contributed by atoms with van der Waals surface area (Å²) in [6.45, 7) is 0.874. The minimum absolute atomic E-state index is 0.0323. The van der Waals surface area contributed by atoms with Gasteiger partial charge >= 0.3 is 0 Å². The Bertz CT molecular complexity index is 958. The van der Waals surface area contributed by atoms with E-state index in [1.807, 2.05) is 6.08 Å². The van der Waals surface area contributed by atoms with E-state index in [9.17, 15) is 4.79 Å². The molecule has 3 atom stereocenters. The highest BCUT2D eigenvalue weighted by molar-refractivity contribution is 6.05. The lowest BCUT2D eigenvalue weighted by Gasteiger charge is -2.46. The zero-order valence-corrected chi connectivity index (χ0v) is 17.2. The third kappa shape index (κ3) is 2.70. The molecule has 0 bridgehead atoms. The Kier molecular flexibility index (Phi) is 4.41. The number of rotatable bonds is 3. The van der Waals surface area contributed by atoms with Gasteiger partial charge in [0.05, 0.1) is 21.3 Å². The predicted octanol–water partition coefficient (Wildman–Crippen LogP) is 4.06. The molecule has 0 aromatic heterocycles. The van der Waals surface area contributed by atoms with E-state index in [0.29, 0.717) is 11.8 Å². The fourth-order valence-electron chi connectivity index (χ4n) is 5.49. The third-order valence-electron chi connectivity index (χ3n) is 6.89. The van der Waals surface area contributed by atoms with Gasteiger partial charge in [0.1, 0.15) is 5.76 Å². The largest absolute Gasteiger partial charge is 0.497 e. The SMILES string of the molecule is COC1=CC2c3cc(OC)c(OC)cc3C3=C(C(=O)N4CCCCC4C3)C2C=C1. The van der Waals surface area contributed by atoms with Gasteiger partial charge in [-0.1, -0.05) is 6.08 Å². The van der Waals surface area contributed by atoms with Crippen LogP contribution < -0.4 is 9.47 Å². The lowest BCUT2D eigenvalue weighted by atomic mass is 9.66. The number of carbonyl (C=O) groups is 1. The van der Waals surface area contributed by atoms with Crippen molar-refractivity contribution in [3.63, 3.8) is 0 Å². The van der Waals surface area contributed by atoms with Crippen LogP contribution in [0.15, 0.2) is 41.7 Å². The van der Waals surface area contributed by atoms with Crippen LogP contribution in [0.3, 0.4) is 0 Å². The highest BCUT2D eigenvalue weighted by atomic mass is 16.5. The number of nitrogens with zero attached hydrogens (tertiary/aromatic N) is 1. The van der Waals surface area contributed by atoms with Gasteiger partial charge in [-0.3, -0.25) is 4.79 Å². The fourth-order valence-corrected chi connectivity index (χ4v) is 5.49. The molecule has 1 aromatic carbocycles. The Morgan fingerprint density at radius 2 is 1.79 bits per heavy atom. The highest BCUT2D eigenvalue weighted by Gasteiger charge is 2.45. The quantitative estimate of drug-likeness (QED) is 0.777. The molecule has 4 aliphatic rings. The summed E-state index contributed by atoms with van der Waals surface area (Å²) < 4.78 is 16.7. The minimum atomic E-state index is 0.0323. The van der Waals surface area contributed by atoms with Gasteiger partial charge in [-0.25, -0.2) is 0 Å². The van der Waals surface area contributed by atoms with Crippen LogP contribution in [-0.2, 0) is 9.53 Å². The summed E-state index contributed by atoms with van der Waals surface area (Å²) in [5, 5.41) is 0. The molecule has 2 aliphatic heterocycles. The molecule has 1 amide bonds. The summed E-state index contributed by atoms with van der Waals surface area (Å²) in [6.07, 6.45) is 10.6. The first-order valence-corrected chi connectivity index (χ1v) is 10.4. The number of benzene rings is 1. The summed E-state index contributed by atoms with van der Waals surface area (Å²) in [5.74, 6) is 2.55. The summed E-state index contributed by atoms with van der Waals surface area (Å²) in [6, 6.07) is 4.45. The average Bonchev–Trinajstić information content (AvgIpc) is 2.77. The number of piperidine rings is 1. The number of fused-ring (bicyclic) bond motifs is 6. The van der Waals surface area contributed by atoms with Gasteiger partial charge < -0.3 is 19.1 Å². The second-order valence-corrected chi connectivity index (χ2v) is 8.22. The second kappa shape index (κ2) is 6.97. The molecular weight excluding hydrogens is 366 g/mol. The van der Waals surface area contributed by atoms with E-state index in [1.165, 1.54) is 17.6 Å². The van der Waals surface area contributed by atoms with E-state index >= 15 is 0 Å². The molecule has 5 heteroatoms. The number of allylic oxidation sites excluding steroid dienone is 3. The number of ether oxygens (including phenoxy) is 3. The monoisotopic (exact) mass is 393 g/mol. The Hall–Kier alpha value is -2.69. The van der Waals surface area contributed by atoms with Crippen molar-refractivity contribution in [3.8, 4) is 11.5 Å². The number of methoxy groups -OCH3 is 3. The number of hydrogen-bond donors (Lipinski definition) is 0. The molecule has 1 fully saturated rings. The van der Waals surface area contributed by atoms with Crippen LogP contribution in [0.2, 0.25) is 0 Å². The topological polar surface area (TPSA) is 48.0 Å². The van der Waals surface area contributed by atoms with Gasteiger partial charge in [0, 0.05) is 30.0 Å². The van der Waals surface area contributed by atoms with E-state index in [0.717, 1.165) is 48.5 Å². The van der Waals surface area contributed by atoms with E-state index < -0.39 is 0 Å². The molecule has 0 saturated carbocycles. The maximum absolute atomic E-state index is 13.6. The second-order valence-electron chi connectivity index (χ2n) is 8.22. The van der Waals surface area contributed by atoms with Gasteiger partial charge in [0.15, 0.2) is 11.5 Å². The number of carbonyl (C=O) groups excluding carboxylic acids is 1. The Labute approximate surface area is 171 Å². The first-order valence-electron chi connectivity index (χ1n) is 10.4. The van der Waals surface area contributed by atoms with Crippen LogP contribution in [0.4, 0.5) is 0 Å². The van der Waals surface area contributed by atoms with E-state index in [-0.39, 0.29) is 17.7 Å². The molecule has 29 heavy (non-hydrogen) atoms. The number of hydrogen-bond acceptors (Lipinski definition) is 4. The van der Waals surface area contributed by atoms with Crippen molar-refractivity contribution in [2.24, 2.45) is 5.92 Å². The van der Waals surface area contributed by atoms with Crippen LogP contribution >= 0.6 is 0 Å². The van der Waals surface area contributed by atoms with Crippen LogP contribution in [0, 0.1) is 5.92 Å². The molecule has 0 spiro atoms. The van der Waals surface area contributed by atoms with Crippen LogP contribution in [0.1, 0.15) is 42.7 Å². The van der Waals surface area contributed by atoms with Crippen molar-refractivity contribution in [1.29, 1.82) is 0 Å². The Morgan fingerprint density at radius 3 is 2.55 bits per heavy atom. The molecular formula is C24H27NO4. The predicted molar refractivity (Wildman–Crippen MR) is 111 cm³/mol. The standard InChI is InChI=1S/C24H27NO4/c1-27-15-7-8-16-17(11-15)18-12-21(28-2)22(29-3)13-19(18)20-10-14-6-4-5-9-25(14)24(26)23(16)20/h7-8,11-14,16-17H,4-6,9-10H2,1-3H3. The maximum Gasteiger partial charge on any atom is 0.250 e. The van der Waals surface area contributed by atoms with E-state index in [4.69, 9.17) is 14.2 Å². The summed E-state index contributed by atoms with van der Waals surface area (Å²) >= 11 is 0.